The SMILES string of the molecule is Cc1cc(C)c(C(=O)N[C@@H](C)c2cn3ccsc3n2)c(=O)[nH]1. The first-order chi connectivity index (χ1) is 10.5. The molecule has 0 saturated heterocycles. The molecule has 0 radical (unpaired) electrons. The molecule has 0 bridgehead atoms. The molecule has 2 N–H and O–H groups in total. The molecule has 1 amide bonds. The van der Waals surface area contributed by atoms with Crippen LogP contribution in [0.1, 0.15) is 40.3 Å². The molecule has 0 unspecified atom stereocenters. The Bertz CT molecular complexity index is 877. The maximum absolute atomic E-state index is 12.4. The van der Waals surface area contributed by atoms with Crippen molar-refractivity contribution in [3.05, 3.63) is 56.7 Å². The Morgan fingerprint density at radius 1 is 1.45 bits per heavy atom. The lowest BCUT2D eigenvalue weighted by atomic mass is 10.1. The van der Waals surface area contributed by atoms with Crippen molar-refractivity contribution in [2.24, 2.45) is 0 Å². The highest BCUT2D eigenvalue weighted by molar-refractivity contribution is 7.15. The van der Waals surface area contributed by atoms with E-state index in [1.54, 1.807) is 19.9 Å². The molecule has 0 spiro atoms. The third-order valence-corrected chi connectivity index (χ3v) is 4.27. The van der Waals surface area contributed by atoms with Crippen molar-refractivity contribution in [3.63, 3.8) is 0 Å². The summed E-state index contributed by atoms with van der Waals surface area (Å²) in [5.74, 6) is -0.386. The number of thiazole rings is 1. The number of imidazole rings is 1. The van der Waals surface area contributed by atoms with E-state index in [1.165, 1.54) is 11.3 Å². The molecule has 22 heavy (non-hydrogen) atoms. The Labute approximate surface area is 130 Å². The maximum Gasteiger partial charge on any atom is 0.261 e. The fourth-order valence-electron chi connectivity index (χ4n) is 2.43. The average Bonchev–Trinajstić information content (AvgIpc) is 2.97. The van der Waals surface area contributed by atoms with Gasteiger partial charge in [0.05, 0.1) is 11.7 Å². The van der Waals surface area contributed by atoms with E-state index in [4.69, 9.17) is 0 Å². The summed E-state index contributed by atoms with van der Waals surface area (Å²) in [6.45, 7) is 5.40. The predicted octanol–water partition coefficient (Wildman–Crippen LogP) is 2.19. The van der Waals surface area contributed by atoms with Crippen molar-refractivity contribution in [1.29, 1.82) is 0 Å². The lowest BCUT2D eigenvalue weighted by molar-refractivity contribution is 0.0937. The van der Waals surface area contributed by atoms with Crippen molar-refractivity contribution in [3.8, 4) is 0 Å². The fourth-order valence-corrected chi connectivity index (χ4v) is 3.14. The normalized spacial score (nSPS) is 12.5. The summed E-state index contributed by atoms with van der Waals surface area (Å²) in [7, 11) is 0. The van der Waals surface area contributed by atoms with E-state index >= 15 is 0 Å². The summed E-state index contributed by atoms with van der Waals surface area (Å²) in [4.78, 5) is 32.3. The van der Waals surface area contributed by atoms with Gasteiger partial charge in [0.15, 0.2) is 4.96 Å². The maximum atomic E-state index is 12.4. The van der Waals surface area contributed by atoms with Gasteiger partial charge in [-0.1, -0.05) is 0 Å². The van der Waals surface area contributed by atoms with Crippen LogP contribution >= 0.6 is 11.3 Å². The average molecular weight is 316 g/mol. The van der Waals surface area contributed by atoms with E-state index in [-0.39, 0.29) is 23.1 Å². The van der Waals surface area contributed by atoms with Crippen molar-refractivity contribution in [2.75, 3.05) is 0 Å². The number of carbonyl (C=O) groups excluding carboxylic acids is 1. The van der Waals surface area contributed by atoms with Crippen LogP contribution in [0.3, 0.4) is 0 Å². The number of amides is 1. The van der Waals surface area contributed by atoms with Gasteiger partial charge >= 0.3 is 0 Å². The van der Waals surface area contributed by atoms with Crippen molar-refractivity contribution in [1.82, 2.24) is 19.7 Å². The Morgan fingerprint density at radius 3 is 2.91 bits per heavy atom. The number of aromatic nitrogens is 3. The number of hydrogen-bond acceptors (Lipinski definition) is 4. The second-order valence-corrected chi connectivity index (χ2v) is 6.17. The van der Waals surface area contributed by atoms with Crippen LogP contribution in [0.25, 0.3) is 4.96 Å². The molecular formula is C15H16N4O2S. The number of aryl methyl sites for hydroxylation is 2. The number of nitrogens with one attached hydrogen (secondary N) is 2. The highest BCUT2D eigenvalue weighted by Crippen LogP contribution is 2.17. The second kappa shape index (κ2) is 5.42. The van der Waals surface area contributed by atoms with Crippen molar-refractivity contribution < 1.29 is 4.79 Å². The zero-order valence-corrected chi connectivity index (χ0v) is 13.3. The quantitative estimate of drug-likeness (QED) is 0.777. The number of nitrogens with zero attached hydrogens (tertiary/aromatic N) is 2. The van der Waals surface area contributed by atoms with Gasteiger partial charge in [0.25, 0.3) is 11.5 Å². The van der Waals surface area contributed by atoms with Gasteiger partial charge in [-0.3, -0.25) is 14.0 Å². The van der Waals surface area contributed by atoms with E-state index in [9.17, 15) is 9.59 Å². The number of carbonyl (C=O) groups is 1. The van der Waals surface area contributed by atoms with Crippen LogP contribution in [0.4, 0.5) is 0 Å². The standard InChI is InChI=1S/C15H16N4O2S/c1-8-6-9(2)16-13(20)12(8)14(21)17-10(3)11-7-19-4-5-22-15(19)18-11/h4-7,10H,1-3H3,(H,16,20)(H,17,21)/t10-/m0/s1. The molecule has 1 atom stereocenters. The van der Waals surface area contributed by atoms with E-state index < -0.39 is 0 Å². The molecule has 0 aliphatic heterocycles. The summed E-state index contributed by atoms with van der Waals surface area (Å²) in [5.41, 5.74) is 1.95. The smallest absolute Gasteiger partial charge is 0.261 e. The summed E-state index contributed by atoms with van der Waals surface area (Å²) in [6, 6.07) is 1.51. The van der Waals surface area contributed by atoms with Crippen molar-refractivity contribution in [2.45, 2.75) is 26.8 Å². The van der Waals surface area contributed by atoms with Gasteiger partial charge in [0, 0.05) is 23.5 Å². The van der Waals surface area contributed by atoms with Crippen LogP contribution in [-0.4, -0.2) is 20.3 Å². The minimum absolute atomic E-state index is 0.151. The van der Waals surface area contributed by atoms with Crippen LogP contribution in [0.2, 0.25) is 0 Å². The summed E-state index contributed by atoms with van der Waals surface area (Å²) >= 11 is 1.53. The molecule has 7 heteroatoms. The van der Waals surface area contributed by atoms with Crippen LogP contribution in [0, 0.1) is 13.8 Å². The number of hydrogen-bond donors (Lipinski definition) is 2. The lowest BCUT2D eigenvalue weighted by Crippen LogP contribution is -2.33. The molecule has 114 valence electrons. The van der Waals surface area contributed by atoms with Gasteiger partial charge < -0.3 is 10.3 Å². The lowest BCUT2D eigenvalue weighted by Gasteiger charge is -2.12. The minimum atomic E-state index is -0.386. The third kappa shape index (κ3) is 2.55. The number of fused-ring (bicyclic) bond motifs is 1. The number of aromatic amines is 1. The molecule has 0 fully saturated rings. The monoisotopic (exact) mass is 316 g/mol. The molecule has 0 aliphatic rings. The zero-order chi connectivity index (χ0) is 15.9. The molecule has 3 aromatic rings. The molecule has 3 heterocycles. The van der Waals surface area contributed by atoms with Crippen LogP contribution in [-0.2, 0) is 0 Å². The van der Waals surface area contributed by atoms with E-state index in [0.29, 0.717) is 5.56 Å². The first-order valence-corrected chi connectivity index (χ1v) is 7.77. The number of H-pyrrole nitrogens is 1. The topological polar surface area (TPSA) is 79.3 Å². The molecule has 0 saturated carbocycles. The van der Waals surface area contributed by atoms with Crippen molar-refractivity contribution >= 4 is 22.2 Å². The Morgan fingerprint density at radius 2 is 2.23 bits per heavy atom. The van der Waals surface area contributed by atoms with Gasteiger partial charge in [-0.2, -0.15) is 0 Å². The van der Waals surface area contributed by atoms with Gasteiger partial charge in [0.1, 0.15) is 5.56 Å². The van der Waals surface area contributed by atoms with Gasteiger partial charge in [-0.05, 0) is 32.4 Å². The van der Waals surface area contributed by atoms with Crippen LogP contribution in [0.15, 0.2) is 28.6 Å². The molecular weight excluding hydrogens is 300 g/mol. The Kier molecular flexibility index (Phi) is 3.58. The highest BCUT2D eigenvalue weighted by Gasteiger charge is 2.19. The minimum Gasteiger partial charge on any atom is -0.344 e. The molecule has 0 aromatic carbocycles. The molecule has 0 aliphatic carbocycles. The van der Waals surface area contributed by atoms with E-state index in [0.717, 1.165) is 16.3 Å². The van der Waals surface area contributed by atoms with Gasteiger partial charge in [-0.25, -0.2) is 4.98 Å². The molecule has 3 aromatic heterocycles. The van der Waals surface area contributed by atoms with Gasteiger partial charge in [0.2, 0.25) is 0 Å². The molecule has 6 nitrogen and oxygen atoms in total. The number of rotatable bonds is 3. The Hall–Kier alpha value is -2.41. The second-order valence-electron chi connectivity index (χ2n) is 5.29. The highest BCUT2D eigenvalue weighted by atomic mass is 32.1. The predicted molar refractivity (Wildman–Crippen MR) is 85.5 cm³/mol. The van der Waals surface area contributed by atoms with E-state index in [2.05, 4.69) is 15.3 Å². The van der Waals surface area contributed by atoms with E-state index in [1.807, 2.05) is 29.1 Å². The third-order valence-electron chi connectivity index (χ3n) is 3.50. The van der Waals surface area contributed by atoms with Gasteiger partial charge in [-0.15, -0.1) is 11.3 Å². The summed E-state index contributed by atoms with van der Waals surface area (Å²) in [6.07, 6.45) is 3.79. The zero-order valence-electron chi connectivity index (χ0n) is 12.5. The summed E-state index contributed by atoms with van der Waals surface area (Å²) in [5, 5.41) is 4.78. The van der Waals surface area contributed by atoms with Crippen LogP contribution in [0.5, 0.6) is 0 Å². The first-order valence-electron chi connectivity index (χ1n) is 6.89. The summed E-state index contributed by atoms with van der Waals surface area (Å²) < 4.78 is 1.91. The van der Waals surface area contributed by atoms with Crippen LogP contribution < -0.4 is 10.9 Å². The molecule has 3 rings (SSSR count). The Balaban J connectivity index is 1.85. The largest absolute Gasteiger partial charge is 0.344 e. The fraction of sp³-hybridized carbons (Fsp3) is 0.267. The first kappa shape index (κ1) is 14.5. The number of pyridine rings is 1.